The molecule has 0 aromatic rings. The van der Waals surface area contributed by atoms with E-state index in [1.807, 2.05) is 0 Å². The molecule has 4 rings (SSSR count). The van der Waals surface area contributed by atoms with Crippen LogP contribution in [0.1, 0.15) is 64.2 Å². The second-order valence-corrected chi connectivity index (χ2v) is 10.9. The zero-order valence-corrected chi connectivity index (χ0v) is 20.1. The zero-order chi connectivity index (χ0) is 23.4. The first-order valence-electron chi connectivity index (χ1n) is 13.0. The fourth-order valence-electron chi connectivity index (χ4n) is 6.80. The minimum atomic E-state index is -0.709. The summed E-state index contributed by atoms with van der Waals surface area (Å²) < 4.78 is 25.0. The lowest BCUT2D eigenvalue weighted by Crippen LogP contribution is -2.56. The van der Waals surface area contributed by atoms with Crippen molar-refractivity contribution in [1.29, 1.82) is 0 Å². The monoisotopic (exact) mass is 467 g/mol. The molecule has 4 fully saturated rings. The van der Waals surface area contributed by atoms with Gasteiger partial charge in [0.05, 0.1) is 18.1 Å². The van der Waals surface area contributed by atoms with E-state index in [-0.39, 0.29) is 24.3 Å². The van der Waals surface area contributed by atoms with E-state index in [1.54, 1.807) is 12.0 Å². The van der Waals surface area contributed by atoms with Crippen LogP contribution in [0.25, 0.3) is 0 Å². The van der Waals surface area contributed by atoms with Gasteiger partial charge < -0.3 is 25.4 Å². The Bertz CT molecular complexity index is 679. The number of nitrogens with zero attached hydrogens (tertiary/aromatic N) is 1. The molecule has 0 aromatic heterocycles. The minimum Gasteiger partial charge on any atom is -0.381 e. The molecule has 3 N–H and O–H groups in total. The average molecular weight is 468 g/mol. The largest absolute Gasteiger partial charge is 0.381 e. The molecule has 0 bridgehead atoms. The van der Waals surface area contributed by atoms with Gasteiger partial charge in [-0.05, 0) is 82.0 Å². The highest BCUT2D eigenvalue weighted by Crippen LogP contribution is 2.48. The number of rotatable bonds is 7. The molecule has 7 nitrogen and oxygen atoms in total. The van der Waals surface area contributed by atoms with Crippen molar-refractivity contribution in [3.05, 3.63) is 0 Å². The van der Waals surface area contributed by atoms with E-state index in [4.69, 9.17) is 15.2 Å². The van der Waals surface area contributed by atoms with Gasteiger partial charge in [0.25, 0.3) is 0 Å². The Kier molecular flexibility index (Phi) is 8.28. The number of carbonyl (C=O) groups excluding carboxylic acids is 2. The fourth-order valence-corrected chi connectivity index (χ4v) is 6.80. The molecule has 8 heteroatoms. The molecule has 1 spiro atoms. The molecule has 2 heterocycles. The molecular weight excluding hydrogens is 425 g/mol. The van der Waals surface area contributed by atoms with Crippen LogP contribution in [-0.2, 0) is 19.1 Å². The number of carbonyl (C=O) groups is 2. The van der Waals surface area contributed by atoms with Crippen LogP contribution in [0.4, 0.5) is 4.39 Å². The molecule has 2 saturated carbocycles. The summed E-state index contributed by atoms with van der Waals surface area (Å²) in [5.74, 6) is 0.949. The van der Waals surface area contributed by atoms with Crippen molar-refractivity contribution in [3.63, 3.8) is 0 Å². The molecule has 3 unspecified atom stereocenters. The Labute approximate surface area is 197 Å². The standard InChI is InChI=1S/C25H42FN3O4/c1-32-20-9-3-17(4-10-20)14-33-15-22(27)23(30)29-12-2-11-25(16-29)21(13-28-24(25)31)18-5-7-19(26)8-6-18/h17-22H,2-16,27H2,1H3,(H,28,31). The van der Waals surface area contributed by atoms with E-state index >= 15 is 0 Å². The van der Waals surface area contributed by atoms with E-state index in [9.17, 15) is 14.0 Å². The normalized spacial score (nSPS) is 38.3. The molecule has 2 aliphatic carbocycles. The number of likely N-dealkylation sites (tertiary alicyclic amines) is 1. The summed E-state index contributed by atoms with van der Waals surface area (Å²) in [4.78, 5) is 28.0. The number of methoxy groups -OCH3 is 1. The number of halogens is 1. The van der Waals surface area contributed by atoms with Crippen molar-refractivity contribution >= 4 is 11.8 Å². The van der Waals surface area contributed by atoms with Gasteiger partial charge in [0.1, 0.15) is 12.2 Å². The van der Waals surface area contributed by atoms with Gasteiger partial charge in [-0.3, -0.25) is 9.59 Å². The Morgan fingerprint density at radius 2 is 1.94 bits per heavy atom. The van der Waals surface area contributed by atoms with Crippen LogP contribution in [0, 0.1) is 23.2 Å². The van der Waals surface area contributed by atoms with Crippen LogP contribution in [0.2, 0.25) is 0 Å². The summed E-state index contributed by atoms with van der Waals surface area (Å²) in [7, 11) is 1.77. The SMILES string of the molecule is COC1CCC(COCC(N)C(=O)N2CCCC3(C2)C(=O)NCC3C2CCC(F)CC2)CC1. The van der Waals surface area contributed by atoms with Gasteiger partial charge in [-0.15, -0.1) is 0 Å². The van der Waals surface area contributed by atoms with Crippen molar-refractivity contribution in [2.24, 2.45) is 28.9 Å². The number of hydrogen-bond donors (Lipinski definition) is 2. The summed E-state index contributed by atoms with van der Waals surface area (Å²) in [6.07, 6.45) is 8.35. The van der Waals surface area contributed by atoms with Gasteiger partial charge in [0.15, 0.2) is 0 Å². The first-order chi connectivity index (χ1) is 15.9. The fraction of sp³-hybridized carbons (Fsp3) is 0.920. The van der Waals surface area contributed by atoms with Gasteiger partial charge in [-0.25, -0.2) is 4.39 Å². The highest BCUT2D eigenvalue weighted by molar-refractivity contribution is 5.88. The molecule has 2 amide bonds. The topological polar surface area (TPSA) is 93.9 Å². The van der Waals surface area contributed by atoms with E-state index in [0.29, 0.717) is 57.0 Å². The predicted molar refractivity (Wildman–Crippen MR) is 123 cm³/mol. The van der Waals surface area contributed by atoms with Gasteiger partial charge >= 0.3 is 0 Å². The Morgan fingerprint density at radius 1 is 1.21 bits per heavy atom. The number of hydrogen-bond acceptors (Lipinski definition) is 5. The number of piperidine rings is 1. The molecule has 33 heavy (non-hydrogen) atoms. The van der Waals surface area contributed by atoms with E-state index in [0.717, 1.165) is 51.4 Å². The van der Waals surface area contributed by atoms with Crippen LogP contribution in [0.5, 0.6) is 0 Å². The van der Waals surface area contributed by atoms with E-state index in [2.05, 4.69) is 5.32 Å². The van der Waals surface area contributed by atoms with Crippen molar-refractivity contribution in [2.45, 2.75) is 82.5 Å². The first kappa shape index (κ1) is 24.9. The van der Waals surface area contributed by atoms with Gasteiger partial charge in [0.2, 0.25) is 11.8 Å². The van der Waals surface area contributed by atoms with Crippen LogP contribution in [0.3, 0.4) is 0 Å². The maximum Gasteiger partial charge on any atom is 0.241 e. The van der Waals surface area contributed by atoms with Gasteiger partial charge in [-0.2, -0.15) is 0 Å². The smallest absolute Gasteiger partial charge is 0.241 e. The minimum absolute atomic E-state index is 0.0591. The third-order valence-electron chi connectivity index (χ3n) is 8.85. The molecule has 0 radical (unpaired) electrons. The zero-order valence-electron chi connectivity index (χ0n) is 20.1. The highest BCUT2D eigenvalue weighted by atomic mass is 19.1. The second-order valence-electron chi connectivity index (χ2n) is 10.9. The molecule has 188 valence electrons. The maximum atomic E-state index is 13.7. The van der Waals surface area contributed by atoms with Crippen LogP contribution in [0.15, 0.2) is 0 Å². The van der Waals surface area contributed by atoms with Crippen molar-refractivity contribution in [1.82, 2.24) is 10.2 Å². The van der Waals surface area contributed by atoms with E-state index < -0.39 is 17.6 Å². The number of amides is 2. The number of nitrogens with one attached hydrogen (secondary N) is 1. The lowest BCUT2D eigenvalue weighted by Gasteiger charge is -2.45. The second kappa shape index (κ2) is 11.0. The maximum absolute atomic E-state index is 13.7. The van der Waals surface area contributed by atoms with Crippen LogP contribution >= 0.6 is 0 Å². The number of nitrogens with two attached hydrogens (primary N) is 1. The molecule has 2 aliphatic heterocycles. The third-order valence-corrected chi connectivity index (χ3v) is 8.85. The molecular formula is C25H42FN3O4. The summed E-state index contributed by atoms with van der Waals surface area (Å²) in [5, 5.41) is 3.07. The molecule has 2 saturated heterocycles. The molecule has 4 aliphatic rings. The lowest BCUT2D eigenvalue weighted by atomic mass is 9.63. The quantitative estimate of drug-likeness (QED) is 0.600. The van der Waals surface area contributed by atoms with E-state index in [1.165, 1.54) is 0 Å². The average Bonchev–Trinajstić information content (AvgIpc) is 3.14. The summed E-state index contributed by atoms with van der Waals surface area (Å²) in [6, 6.07) is -0.708. The summed E-state index contributed by atoms with van der Waals surface area (Å²) in [5.41, 5.74) is 5.69. The number of ether oxygens (including phenoxy) is 2. The lowest BCUT2D eigenvalue weighted by molar-refractivity contribution is -0.144. The van der Waals surface area contributed by atoms with Crippen molar-refractivity contribution in [3.8, 4) is 0 Å². The Balaban J connectivity index is 1.29. The Hall–Kier alpha value is -1.25. The number of alkyl halides is 1. The summed E-state index contributed by atoms with van der Waals surface area (Å²) >= 11 is 0. The summed E-state index contributed by atoms with van der Waals surface area (Å²) in [6.45, 7) is 2.54. The highest BCUT2D eigenvalue weighted by Gasteiger charge is 2.55. The van der Waals surface area contributed by atoms with Crippen molar-refractivity contribution < 1.29 is 23.5 Å². The molecule has 3 atom stereocenters. The Morgan fingerprint density at radius 3 is 2.64 bits per heavy atom. The van der Waals surface area contributed by atoms with Gasteiger partial charge in [0, 0.05) is 33.4 Å². The first-order valence-corrected chi connectivity index (χ1v) is 13.0. The third kappa shape index (κ3) is 5.54. The molecule has 0 aromatic carbocycles. The van der Waals surface area contributed by atoms with Crippen LogP contribution < -0.4 is 11.1 Å². The van der Waals surface area contributed by atoms with Crippen LogP contribution in [-0.4, -0.2) is 75.0 Å². The van der Waals surface area contributed by atoms with Crippen molar-refractivity contribution in [2.75, 3.05) is 40.0 Å². The predicted octanol–water partition coefficient (Wildman–Crippen LogP) is 2.42. The van der Waals surface area contributed by atoms with Gasteiger partial charge in [-0.1, -0.05) is 0 Å².